The van der Waals surface area contributed by atoms with Crippen LogP contribution < -0.4 is 10.9 Å². The number of aromatic amines is 1. The Bertz CT molecular complexity index is 1160. The highest BCUT2D eigenvalue weighted by Crippen LogP contribution is 2.20. The van der Waals surface area contributed by atoms with E-state index in [1.807, 2.05) is 24.3 Å². The molecule has 0 saturated carbocycles. The molecule has 1 aliphatic heterocycles. The van der Waals surface area contributed by atoms with Gasteiger partial charge >= 0.3 is 0 Å². The Morgan fingerprint density at radius 1 is 1.22 bits per heavy atom. The molecule has 1 aliphatic rings. The smallest absolute Gasteiger partial charge is 0.256 e. The standard InChI is InChI=1S/C24H25FN4O2S/c1-2-16-4-3-5-19(12-16)26-22(30)15-32-24-27-21-10-11-29(14-20(21)23(31)28-24)13-17-6-8-18(25)9-7-17/h3-9,12H,2,10-11,13-15H2,1H3,(H,26,30)(H,27,28,31). The number of thioether (sulfide) groups is 1. The molecule has 1 aromatic heterocycles. The molecule has 166 valence electrons. The number of benzene rings is 2. The van der Waals surface area contributed by atoms with Crippen LogP contribution in [0.2, 0.25) is 0 Å². The number of H-pyrrole nitrogens is 1. The van der Waals surface area contributed by atoms with Gasteiger partial charge in [-0.05, 0) is 41.8 Å². The van der Waals surface area contributed by atoms with Gasteiger partial charge in [0.2, 0.25) is 5.91 Å². The number of aromatic nitrogens is 2. The van der Waals surface area contributed by atoms with Crippen LogP contribution in [0.5, 0.6) is 0 Å². The van der Waals surface area contributed by atoms with Gasteiger partial charge in [-0.25, -0.2) is 9.37 Å². The summed E-state index contributed by atoms with van der Waals surface area (Å²) in [7, 11) is 0. The van der Waals surface area contributed by atoms with E-state index in [2.05, 4.69) is 27.1 Å². The molecule has 0 fully saturated rings. The number of nitrogens with zero attached hydrogens (tertiary/aromatic N) is 2. The number of fused-ring (bicyclic) bond motifs is 1. The number of anilines is 1. The summed E-state index contributed by atoms with van der Waals surface area (Å²) in [6, 6.07) is 14.2. The number of rotatable bonds is 7. The first-order valence-electron chi connectivity index (χ1n) is 10.6. The predicted octanol–water partition coefficient (Wildman–Crippen LogP) is 3.76. The average Bonchev–Trinajstić information content (AvgIpc) is 2.80. The van der Waals surface area contributed by atoms with Gasteiger partial charge in [-0.15, -0.1) is 0 Å². The lowest BCUT2D eigenvalue weighted by Gasteiger charge is -2.27. The van der Waals surface area contributed by atoms with Crippen LogP contribution >= 0.6 is 11.8 Å². The highest BCUT2D eigenvalue weighted by Gasteiger charge is 2.21. The fourth-order valence-electron chi connectivity index (χ4n) is 3.71. The number of aryl methyl sites for hydroxylation is 1. The lowest BCUT2D eigenvalue weighted by molar-refractivity contribution is -0.113. The maximum atomic E-state index is 13.1. The molecular weight excluding hydrogens is 427 g/mol. The molecule has 2 heterocycles. The third-order valence-corrected chi connectivity index (χ3v) is 6.28. The Hall–Kier alpha value is -2.97. The van der Waals surface area contributed by atoms with Crippen LogP contribution in [0.1, 0.15) is 29.3 Å². The molecule has 0 spiro atoms. The number of hydrogen-bond acceptors (Lipinski definition) is 5. The molecule has 4 rings (SSSR count). The predicted molar refractivity (Wildman–Crippen MR) is 124 cm³/mol. The zero-order valence-corrected chi connectivity index (χ0v) is 18.7. The van der Waals surface area contributed by atoms with E-state index in [-0.39, 0.29) is 23.0 Å². The fourth-order valence-corrected chi connectivity index (χ4v) is 4.39. The second kappa shape index (κ2) is 10.1. The van der Waals surface area contributed by atoms with Crippen LogP contribution in [0.25, 0.3) is 0 Å². The highest BCUT2D eigenvalue weighted by atomic mass is 32.2. The molecule has 3 aromatic rings. The number of carbonyl (C=O) groups excluding carboxylic acids is 1. The molecule has 2 N–H and O–H groups in total. The van der Waals surface area contributed by atoms with Gasteiger partial charge in [-0.1, -0.05) is 43.0 Å². The SMILES string of the molecule is CCc1cccc(NC(=O)CSc2nc3c(c(=O)[nH]2)CN(Cc2ccc(F)cc2)CC3)c1. The Labute approximate surface area is 190 Å². The van der Waals surface area contributed by atoms with Crippen LogP contribution in [-0.4, -0.2) is 33.1 Å². The van der Waals surface area contributed by atoms with Crippen molar-refractivity contribution in [1.29, 1.82) is 0 Å². The number of hydrogen-bond donors (Lipinski definition) is 2. The van der Waals surface area contributed by atoms with E-state index < -0.39 is 0 Å². The Morgan fingerprint density at radius 3 is 2.81 bits per heavy atom. The van der Waals surface area contributed by atoms with Gasteiger partial charge in [-0.3, -0.25) is 14.5 Å². The van der Waals surface area contributed by atoms with Gasteiger partial charge in [-0.2, -0.15) is 0 Å². The lowest BCUT2D eigenvalue weighted by Crippen LogP contribution is -2.35. The molecule has 6 nitrogen and oxygen atoms in total. The minimum absolute atomic E-state index is 0.144. The molecule has 0 unspecified atom stereocenters. The van der Waals surface area contributed by atoms with Crippen LogP contribution in [0.3, 0.4) is 0 Å². The second-order valence-electron chi connectivity index (χ2n) is 7.77. The molecule has 0 radical (unpaired) electrons. The van der Waals surface area contributed by atoms with Crippen molar-refractivity contribution < 1.29 is 9.18 Å². The third-order valence-electron chi connectivity index (χ3n) is 5.40. The van der Waals surface area contributed by atoms with Crippen LogP contribution in [-0.2, 0) is 30.7 Å². The summed E-state index contributed by atoms with van der Waals surface area (Å²) < 4.78 is 13.1. The normalized spacial score (nSPS) is 13.6. The molecule has 1 amide bonds. The van der Waals surface area contributed by atoms with Crippen LogP contribution in [0.15, 0.2) is 58.5 Å². The van der Waals surface area contributed by atoms with E-state index in [9.17, 15) is 14.0 Å². The fraction of sp³-hybridized carbons (Fsp3) is 0.292. The summed E-state index contributed by atoms with van der Waals surface area (Å²) in [6.07, 6.45) is 1.56. The topological polar surface area (TPSA) is 78.1 Å². The average molecular weight is 453 g/mol. The van der Waals surface area contributed by atoms with E-state index in [0.717, 1.165) is 35.5 Å². The highest BCUT2D eigenvalue weighted by molar-refractivity contribution is 7.99. The zero-order chi connectivity index (χ0) is 22.5. The molecule has 8 heteroatoms. The van der Waals surface area contributed by atoms with Crippen molar-refractivity contribution in [3.05, 3.63) is 87.1 Å². The van der Waals surface area contributed by atoms with E-state index in [1.165, 1.54) is 23.9 Å². The van der Waals surface area contributed by atoms with Crippen molar-refractivity contribution in [1.82, 2.24) is 14.9 Å². The largest absolute Gasteiger partial charge is 0.325 e. The zero-order valence-electron chi connectivity index (χ0n) is 17.9. The molecule has 32 heavy (non-hydrogen) atoms. The van der Waals surface area contributed by atoms with Gasteiger partial charge in [0.15, 0.2) is 5.16 Å². The summed E-state index contributed by atoms with van der Waals surface area (Å²) in [4.78, 5) is 34.5. The molecule has 0 bridgehead atoms. The van der Waals surface area contributed by atoms with Crippen molar-refractivity contribution in [3.63, 3.8) is 0 Å². The molecule has 0 aliphatic carbocycles. The Balaban J connectivity index is 1.36. The number of halogens is 1. The monoisotopic (exact) mass is 452 g/mol. The molecular formula is C24H25FN4O2S. The van der Waals surface area contributed by atoms with Gasteiger partial charge in [0, 0.05) is 31.7 Å². The maximum Gasteiger partial charge on any atom is 0.256 e. The number of nitrogens with one attached hydrogen (secondary N) is 2. The van der Waals surface area contributed by atoms with Crippen molar-refractivity contribution in [2.75, 3.05) is 17.6 Å². The van der Waals surface area contributed by atoms with Crippen LogP contribution in [0.4, 0.5) is 10.1 Å². The van der Waals surface area contributed by atoms with Crippen molar-refractivity contribution in [3.8, 4) is 0 Å². The van der Waals surface area contributed by atoms with E-state index in [0.29, 0.717) is 30.2 Å². The second-order valence-corrected chi connectivity index (χ2v) is 8.74. The van der Waals surface area contributed by atoms with Gasteiger partial charge in [0.1, 0.15) is 5.82 Å². The number of carbonyl (C=O) groups is 1. The summed E-state index contributed by atoms with van der Waals surface area (Å²) in [5, 5.41) is 3.34. The van der Waals surface area contributed by atoms with Gasteiger partial charge < -0.3 is 10.3 Å². The van der Waals surface area contributed by atoms with Crippen molar-refractivity contribution in [2.24, 2.45) is 0 Å². The summed E-state index contributed by atoms with van der Waals surface area (Å²) >= 11 is 1.22. The van der Waals surface area contributed by atoms with E-state index in [1.54, 1.807) is 12.1 Å². The van der Waals surface area contributed by atoms with Crippen molar-refractivity contribution in [2.45, 2.75) is 38.0 Å². The molecule has 2 aromatic carbocycles. The quantitative estimate of drug-likeness (QED) is 0.422. The molecule has 0 atom stereocenters. The number of amides is 1. The first-order chi connectivity index (χ1) is 15.5. The summed E-state index contributed by atoms with van der Waals surface area (Å²) in [5.74, 6) is -0.241. The first kappa shape index (κ1) is 22.2. The lowest BCUT2D eigenvalue weighted by atomic mass is 10.1. The minimum Gasteiger partial charge on any atom is -0.325 e. The van der Waals surface area contributed by atoms with E-state index in [4.69, 9.17) is 0 Å². The van der Waals surface area contributed by atoms with Gasteiger partial charge in [0.25, 0.3) is 5.56 Å². The van der Waals surface area contributed by atoms with Crippen LogP contribution in [0, 0.1) is 5.82 Å². The van der Waals surface area contributed by atoms with Gasteiger partial charge in [0.05, 0.1) is 17.0 Å². The third kappa shape index (κ3) is 5.63. The minimum atomic E-state index is -0.258. The first-order valence-corrected chi connectivity index (χ1v) is 11.6. The Kier molecular flexibility index (Phi) is 7.02. The Morgan fingerprint density at radius 2 is 2.03 bits per heavy atom. The maximum absolute atomic E-state index is 13.1. The summed E-state index contributed by atoms with van der Waals surface area (Å²) in [6.45, 7) is 3.97. The summed E-state index contributed by atoms with van der Waals surface area (Å²) in [5.41, 5.74) is 4.19. The van der Waals surface area contributed by atoms with Crippen molar-refractivity contribution >= 4 is 23.4 Å². The van der Waals surface area contributed by atoms with E-state index >= 15 is 0 Å². The molecule has 0 saturated heterocycles.